The molecule has 0 heterocycles. The Labute approximate surface area is 368 Å². The molecule has 350 valence electrons. The van der Waals surface area contributed by atoms with Crippen LogP contribution in [0.5, 0.6) is 0 Å². The second-order valence-corrected chi connectivity index (χ2v) is 18.3. The van der Waals surface area contributed by atoms with Crippen LogP contribution in [0.15, 0.2) is 12.2 Å². The number of aliphatic hydroxyl groups excluding tert-OH is 2. The Morgan fingerprint density at radius 1 is 0.475 bits per heavy atom. The van der Waals surface area contributed by atoms with Crippen molar-refractivity contribution < 1.29 is 24.5 Å². The van der Waals surface area contributed by atoms with Crippen LogP contribution in [-0.4, -0.2) is 46.9 Å². The lowest BCUT2D eigenvalue weighted by molar-refractivity contribution is -0.151. The first-order chi connectivity index (χ1) is 29.0. The molecule has 0 saturated heterocycles. The number of rotatable bonds is 48. The first kappa shape index (κ1) is 57.6. The van der Waals surface area contributed by atoms with Gasteiger partial charge in [-0.05, 0) is 51.4 Å². The average molecular weight is 834 g/mol. The number of hydrogen-bond donors (Lipinski definition) is 3. The fourth-order valence-corrected chi connectivity index (χ4v) is 8.31. The third-order valence-electron chi connectivity index (χ3n) is 12.3. The zero-order chi connectivity index (χ0) is 43.1. The summed E-state index contributed by atoms with van der Waals surface area (Å²) in [6.45, 7) is 6.49. The van der Waals surface area contributed by atoms with E-state index in [-0.39, 0.29) is 24.9 Å². The monoisotopic (exact) mass is 834 g/mol. The van der Waals surface area contributed by atoms with E-state index < -0.39 is 18.2 Å². The van der Waals surface area contributed by atoms with Crippen molar-refractivity contribution in [1.29, 1.82) is 0 Å². The summed E-state index contributed by atoms with van der Waals surface area (Å²) >= 11 is 0. The molecule has 0 bridgehead atoms. The van der Waals surface area contributed by atoms with Gasteiger partial charge in [0.2, 0.25) is 5.91 Å². The maximum Gasteiger partial charge on any atom is 0.306 e. The Balaban J connectivity index is 4.45. The minimum absolute atomic E-state index is 0.0810. The zero-order valence-corrected chi connectivity index (χ0v) is 39.9. The molecule has 0 aliphatic carbocycles. The zero-order valence-electron chi connectivity index (χ0n) is 39.9. The van der Waals surface area contributed by atoms with Crippen LogP contribution in [0.2, 0.25) is 0 Å². The van der Waals surface area contributed by atoms with Crippen LogP contribution in [0.25, 0.3) is 0 Å². The molecule has 6 heteroatoms. The third kappa shape index (κ3) is 43.1. The van der Waals surface area contributed by atoms with Crippen LogP contribution < -0.4 is 5.32 Å². The summed E-state index contributed by atoms with van der Waals surface area (Å²) < 4.78 is 5.93. The predicted molar refractivity (Wildman–Crippen MR) is 255 cm³/mol. The molecule has 59 heavy (non-hydrogen) atoms. The first-order valence-corrected chi connectivity index (χ1v) is 26.4. The highest BCUT2D eigenvalue weighted by atomic mass is 16.5. The van der Waals surface area contributed by atoms with Gasteiger partial charge in [-0.2, -0.15) is 0 Å². The van der Waals surface area contributed by atoms with E-state index in [0.717, 1.165) is 51.4 Å². The largest absolute Gasteiger partial charge is 0.462 e. The Hall–Kier alpha value is -1.40. The van der Waals surface area contributed by atoms with Gasteiger partial charge in [0.05, 0.1) is 25.2 Å². The molecule has 0 aromatic carbocycles. The molecule has 0 aromatic heterocycles. The molecule has 0 spiro atoms. The lowest BCUT2D eigenvalue weighted by atomic mass is 10.0. The summed E-state index contributed by atoms with van der Waals surface area (Å²) in [5, 5.41) is 23.7. The first-order valence-electron chi connectivity index (χ1n) is 26.4. The number of unbranched alkanes of at least 4 members (excludes halogenated alkanes) is 34. The summed E-state index contributed by atoms with van der Waals surface area (Å²) in [6, 6.07) is -0.695. The highest BCUT2D eigenvalue weighted by Gasteiger charge is 2.24. The number of allylic oxidation sites excluding steroid dienone is 2. The second-order valence-electron chi connectivity index (χ2n) is 18.3. The molecule has 3 N–H and O–H groups in total. The maximum atomic E-state index is 13.2. The third-order valence-corrected chi connectivity index (χ3v) is 12.3. The van der Waals surface area contributed by atoms with Gasteiger partial charge >= 0.3 is 5.97 Å². The molecule has 0 fully saturated rings. The van der Waals surface area contributed by atoms with Crippen LogP contribution in [0.4, 0.5) is 0 Å². The highest BCUT2D eigenvalue weighted by molar-refractivity contribution is 5.77. The van der Waals surface area contributed by atoms with E-state index >= 15 is 0 Å². The van der Waals surface area contributed by atoms with Crippen molar-refractivity contribution in [2.24, 2.45) is 0 Å². The molecule has 0 aliphatic heterocycles. The van der Waals surface area contributed by atoms with Crippen molar-refractivity contribution >= 4 is 11.9 Å². The molecule has 1 amide bonds. The number of ether oxygens (including phenoxy) is 1. The molecule has 3 atom stereocenters. The van der Waals surface area contributed by atoms with Crippen molar-refractivity contribution in [3.63, 3.8) is 0 Å². The summed E-state index contributed by atoms with van der Waals surface area (Å²) in [4.78, 5) is 26.1. The van der Waals surface area contributed by atoms with E-state index in [1.54, 1.807) is 0 Å². The molecule has 6 nitrogen and oxygen atoms in total. The predicted octanol–water partition coefficient (Wildman–Crippen LogP) is 15.7. The van der Waals surface area contributed by atoms with Crippen LogP contribution in [0, 0.1) is 0 Å². The Kier molecular flexibility index (Phi) is 46.5. The van der Waals surface area contributed by atoms with Gasteiger partial charge in [-0.25, -0.2) is 0 Å². The van der Waals surface area contributed by atoms with Gasteiger partial charge in [0, 0.05) is 6.42 Å². The highest BCUT2D eigenvalue weighted by Crippen LogP contribution is 2.18. The molecule has 0 aromatic rings. The summed E-state index contributed by atoms with van der Waals surface area (Å²) in [7, 11) is 0. The summed E-state index contributed by atoms with van der Waals surface area (Å²) in [6.07, 6.45) is 52.8. The second kappa shape index (κ2) is 47.6. The van der Waals surface area contributed by atoms with E-state index in [0.29, 0.717) is 19.3 Å². The minimum Gasteiger partial charge on any atom is -0.462 e. The van der Waals surface area contributed by atoms with Gasteiger partial charge in [0.1, 0.15) is 6.10 Å². The van der Waals surface area contributed by atoms with Gasteiger partial charge in [0.15, 0.2) is 0 Å². The number of carbonyl (C=O) groups excluding carboxylic acids is 2. The van der Waals surface area contributed by atoms with Crippen molar-refractivity contribution in [3.05, 3.63) is 12.2 Å². The number of esters is 1. The van der Waals surface area contributed by atoms with E-state index in [2.05, 4.69) is 38.2 Å². The summed E-state index contributed by atoms with van der Waals surface area (Å²) in [5.74, 6) is -0.468. The lowest BCUT2D eigenvalue weighted by Crippen LogP contribution is -2.46. The standard InChI is InChI=1S/C53H103NO5/c1-4-7-10-13-16-19-22-24-25-26-27-28-29-31-34-37-40-43-46-53(58)59-49(44-41-38-35-32-21-18-15-12-9-6-3)47-52(57)54-50(48-55)51(56)45-42-39-36-33-30-23-20-17-14-11-8-5-2/h27-28,49-51,55-56H,4-26,29-48H2,1-3H3,(H,54,57)/b28-27+. The number of aliphatic hydroxyl groups is 2. The van der Waals surface area contributed by atoms with Gasteiger partial charge in [-0.3, -0.25) is 9.59 Å². The van der Waals surface area contributed by atoms with Crippen molar-refractivity contribution in [1.82, 2.24) is 5.32 Å². The fraction of sp³-hybridized carbons (Fsp3) is 0.925. The maximum absolute atomic E-state index is 13.2. The molecule has 3 unspecified atom stereocenters. The number of hydrogen-bond acceptors (Lipinski definition) is 5. The number of amides is 1. The van der Waals surface area contributed by atoms with Crippen LogP contribution in [0.3, 0.4) is 0 Å². The number of nitrogens with one attached hydrogen (secondary N) is 1. The fourth-order valence-electron chi connectivity index (χ4n) is 8.31. The Bertz CT molecular complexity index is 893. The van der Waals surface area contributed by atoms with Gasteiger partial charge in [-0.15, -0.1) is 0 Å². The van der Waals surface area contributed by atoms with Crippen LogP contribution in [0.1, 0.15) is 290 Å². The van der Waals surface area contributed by atoms with E-state index in [1.165, 1.54) is 193 Å². The molecule has 0 rings (SSSR count). The van der Waals surface area contributed by atoms with E-state index in [4.69, 9.17) is 4.74 Å². The van der Waals surface area contributed by atoms with Crippen LogP contribution >= 0.6 is 0 Å². The normalized spacial score (nSPS) is 13.2. The minimum atomic E-state index is -0.782. The SMILES string of the molecule is CCCCCCCCCCC/C=C/CCCCCCCC(=O)OC(CCCCCCCCCCCC)CC(=O)NC(CO)C(O)CCCCCCCCCCCCCC. The molecule has 0 saturated carbocycles. The Morgan fingerprint density at radius 3 is 1.20 bits per heavy atom. The average Bonchev–Trinajstić information content (AvgIpc) is 3.23. The van der Waals surface area contributed by atoms with E-state index in [1.807, 2.05) is 0 Å². The van der Waals surface area contributed by atoms with Gasteiger partial charge < -0.3 is 20.3 Å². The molecular weight excluding hydrogens is 731 g/mol. The van der Waals surface area contributed by atoms with Gasteiger partial charge in [-0.1, -0.05) is 238 Å². The molecular formula is C53H103NO5. The number of carbonyl (C=O) groups is 2. The topological polar surface area (TPSA) is 95.9 Å². The van der Waals surface area contributed by atoms with Crippen LogP contribution in [-0.2, 0) is 14.3 Å². The smallest absolute Gasteiger partial charge is 0.306 e. The van der Waals surface area contributed by atoms with Gasteiger partial charge in [0.25, 0.3) is 0 Å². The van der Waals surface area contributed by atoms with Crippen molar-refractivity contribution in [3.8, 4) is 0 Å². The Morgan fingerprint density at radius 2 is 0.814 bits per heavy atom. The molecule has 0 aliphatic rings. The van der Waals surface area contributed by atoms with Crippen molar-refractivity contribution in [2.45, 2.75) is 309 Å². The lowest BCUT2D eigenvalue weighted by Gasteiger charge is -2.24. The van der Waals surface area contributed by atoms with Crippen molar-refractivity contribution in [2.75, 3.05) is 6.61 Å². The molecule has 0 radical (unpaired) electrons. The van der Waals surface area contributed by atoms with E-state index in [9.17, 15) is 19.8 Å². The quantitative estimate of drug-likeness (QED) is 0.0322. The summed E-state index contributed by atoms with van der Waals surface area (Å²) in [5.41, 5.74) is 0.